The largest absolute Gasteiger partial charge is 0.317 e. The first-order valence-corrected chi connectivity index (χ1v) is 5.91. The fraction of sp³-hybridized carbons (Fsp3) is 0.364. The maximum absolute atomic E-state index is 11.5. The lowest BCUT2D eigenvalue weighted by atomic mass is 10.0. The number of rotatable bonds is 2. The molecule has 0 aromatic heterocycles. The molecular weight excluding hydrogens is 208 g/mol. The SMILES string of the molecule is C=C/C=C/C1=C(C)N2C(=O)C(N)C2SC1. The first-order valence-electron chi connectivity index (χ1n) is 4.86. The normalized spacial score (nSPS) is 30.5. The number of carbonyl (C=O) groups excluding carboxylic acids is 1. The minimum absolute atomic E-state index is 0.0363. The quantitative estimate of drug-likeness (QED) is 0.565. The monoisotopic (exact) mass is 222 g/mol. The van der Waals surface area contributed by atoms with Crippen LogP contribution in [0.1, 0.15) is 6.92 Å². The molecule has 80 valence electrons. The Labute approximate surface area is 93.7 Å². The molecule has 1 amide bonds. The molecule has 3 nitrogen and oxygen atoms in total. The molecule has 2 rings (SSSR count). The predicted octanol–water partition coefficient (Wildman–Crippen LogP) is 1.25. The molecule has 15 heavy (non-hydrogen) atoms. The van der Waals surface area contributed by atoms with Gasteiger partial charge in [0, 0.05) is 11.4 Å². The topological polar surface area (TPSA) is 46.3 Å². The van der Waals surface area contributed by atoms with Gasteiger partial charge in [-0.1, -0.05) is 24.8 Å². The highest BCUT2D eigenvalue weighted by molar-refractivity contribution is 8.00. The minimum atomic E-state index is -0.310. The standard InChI is InChI=1S/C11H14N2OS/c1-3-4-5-8-6-15-11-9(12)10(14)13(11)7(8)2/h3-5,9,11H,1,6,12H2,2H3/b5-4+. The number of fused-ring (bicyclic) bond motifs is 1. The Hall–Kier alpha value is -1.000. The first kappa shape index (κ1) is 10.5. The minimum Gasteiger partial charge on any atom is -0.317 e. The Morgan fingerprint density at radius 3 is 3.07 bits per heavy atom. The summed E-state index contributed by atoms with van der Waals surface area (Å²) < 4.78 is 0. The van der Waals surface area contributed by atoms with Crippen LogP contribution in [0.2, 0.25) is 0 Å². The maximum atomic E-state index is 11.5. The summed E-state index contributed by atoms with van der Waals surface area (Å²) in [4.78, 5) is 13.3. The number of amides is 1. The summed E-state index contributed by atoms with van der Waals surface area (Å²) in [6.45, 7) is 5.60. The number of nitrogens with two attached hydrogens (primary N) is 1. The van der Waals surface area contributed by atoms with E-state index in [1.165, 1.54) is 5.57 Å². The summed E-state index contributed by atoms with van der Waals surface area (Å²) in [6, 6.07) is -0.310. The maximum Gasteiger partial charge on any atom is 0.247 e. The molecule has 2 aliphatic heterocycles. The number of carbonyl (C=O) groups is 1. The lowest BCUT2D eigenvalue weighted by Crippen LogP contribution is -2.67. The fourth-order valence-corrected chi connectivity index (χ4v) is 3.20. The molecule has 4 heteroatoms. The van der Waals surface area contributed by atoms with Crippen LogP contribution < -0.4 is 5.73 Å². The van der Waals surface area contributed by atoms with E-state index in [0.717, 1.165) is 11.4 Å². The van der Waals surface area contributed by atoms with Crippen molar-refractivity contribution in [3.63, 3.8) is 0 Å². The number of hydrogen-bond donors (Lipinski definition) is 1. The van der Waals surface area contributed by atoms with Crippen molar-refractivity contribution in [2.24, 2.45) is 5.73 Å². The van der Waals surface area contributed by atoms with E-state index in [9.17, 15) is 4.79 Å². The summed E-state index contributed by atoms with van der Waals surface area (Å²) in [7, 11) is 0. The zero-order valence-corrected chi connectivity index (χ0v) is 9.46. The van der Waals surface area contributed by atoms with Crippen molar-refractivity contribution in [3.8, 4) is 0 Å². The Bertz CT molecular complexity index is 373. The zero-order valence-electron chi connectivity index (χ0n) is 8.64. The van der Waals surface area contributed by atoms with Gasteiger partial charge in [-0.25, -0.2) is 0 Å². The van der Waals surface area contributed by atoms with Crippen LogP contribution in [0, 0.1) is 0 Å². The molecule has 2 heterocycles. The Balaban J connectivity index is 2.24. The Kier molecular flexibility index (Phi) is 2.71. The second kappa shape index (κ2) is 3.87. The van der Waals surface area contributed by atoms with Crippen LogP contribution in [0.15, 0.2) is 36.1 Å². The molecule has 0 saturated carbocycles. The molecular formula is C11H14N2OS. The van der Waals surface area contributed by atoms with Crippen LogP contribution in [0.5, 0.6) is 0 Å². The predicted molar refractivity (Wildman–Crippen MR) is 63.1 cm³/mol. The van der Waals surface area contributed by atoms with E-state index >= 15 is 0 Å². The first-order chi connectivity index (χ1) is 7.16. The van der Waals surface area contributed by atoms with Crippen molar-refractivity contribution in [2.45, 2.75) is 18.3 Å². The highest BCUT2D eigenvalue weighted by Gasteiger charge is 2.48. The van der Waals surface area contributed by atoms with Crippen LogP contribution in [0.3, 0.4) is 0 Å². The average Bonchev–Trinajstić information content (AvgIpc) is 2.26. The van der Waals surface area contributed by atoms with Crippen LogP contribution in [0.4, 0.5) is 0 Å². The van der Waals surface area contributed by atoms with Gasteiger partial charge in [-0.2, -0.15) is 0 Å². The van der Waals surface area contributed by atoms with E-state index in [-0.39, 0.29) is 17.3 Å². The van der Waals surface area contributed by atoms with Crippen molar-refractivity contribution >= 4 is 17.7 Å². The number of thioether (sulfide) groups is 1. The molecule has 2 atom stereocenters. The average molecular weight is 222 g/mol. The highest BCUT2D eigenvalue weighted by Crippen LogP contribution is 2.39. The van der Waals surface area contributed by atoms with E-state index in [1.54, 1.807) is 22.7 Å². The Morgan fingerprint density at radius 2 is 2.40 bits per heavy atom. The molecule has 0 spiro atoms. The second-order valence-corrected chi connectivity index (χ2v) is 4.75. The lowest BCUT2D eigenvalue weighted by molar-refractivity contribution is -0.141. The van der Waals surface area contributed by atoms with E-state index in [2.05, 4.69) is 6.58 Å². The third-order valence-electron chi connectivity index (χ3n) is 2.75. The van der Waals surface area contributed by atoms with Crippen molar-refractivity contribution < 1.29 is 4.79 Å². The lowest BCUT2D eigenvalue weighted by Gasteiger charge is -2.48. The molecule has 2 N–H and O–H groups in total. The van der Waals surface area contributed by atoms with Gasteiger partial charge in [-0.15, -0.1) is 11.8 Å². The molecule has 0 aromatic rings. The number of allylic oxidation sites excluding steroid dienone is 4. The second-order valence-electron chi connectivity index (χ2n) is 3.64. The highest BCUT2D eigenvalue weighted by atomic mass is 32.2. The molecule has 0 aliphatic carbocycles. The van der Waals surface area contributed by atoms with Crippen LogP contribution in [0.25, 0.3) is 0 Å². The Morgan fingerprint density at radius 1 is 1.67 bits per heavy atom. The summed E-state index contributed by atoms with van der Waals surface area (Å²) in [5, 5.41) is 0.151. The van der Waals surface area contributed by atoms with Crippen molar-refractivity contribution in [1.29, 1.82) is 0 Å². The van der Waals surface area contributed by atoms with E-state index < -0.39 is 0 Å². The van der Waals surface area contributed by atoms with Crippen molar-refractivity contribution in [3.05, 3.63) is 36.1 Å². The van der Waals surface area contributed by atoms with Crippen LogP contribution in [-0.4, -0.2) is 28.0 Å². The molecule has 1 fully saturated rings. The van der Waals surface area contributed by atoms with E-state index in [1.807, 2.05) is 19.1 Å². The van der Waals surface area contributed by atoms with Gasteiger partial charge in [0.25, 0.3) is 0 Å². The van der Waals surface area contributed by atoms with Gasteiger partial charge in [0.05, 0.1) is 0 Å². The van der Waals surface area contributed by atoms with E-state index in [0.29, 0.717) is 0 Å². The van der Waals surface area contributed by atoms with E-state index in [4.69, 9.17) is 5.73 Å². The van der Waals surface area contributed by atoms with Crippen LogP contribution in [-0.2, 0) is 4.79 Å². The smallest absolute Gasteiger partial charge is 0.247 e. The molecule has 0 aromatic carbocycles. The fourth-order valence-electron chi connectivity index (χ4n) is 1.81. The zero-order chi connectivity index (χ0) is 11.0. The number of nitrogens with zero attached hydrogens (tertiary/aromatic N) is 1. The number of β-lactam (4-membered cyclic amide) rings is 1. The number of hydrogen-bond acceptors (Lipinski definition) is 3. The third kappa shape index (κ3) is 1.54. The molecule has 2 aliphatic rings. The van der Waals surface area contributed by atoms with Gasteiger partial charge >= 0.3 is 0 Å². The van der Waals surface area contributed by atoms with Gasteiger partial charge in [0.2, 0.25) is 5.91 Å². The van der Waals surface area contributed by atoms with Gasteiger partial charge in [0.15, 0.2) is 0 Å². The summed E-state index contributed by atoms with van der Waals surface area (Å²) in [5.74, 6) is 0.951. The molecule has 1 saturated heterocycles. The van der Waals surface area contributed by atoms with Crippen molar-refractivity contribution in [2.75, 3.05) is 5.75 Å². The molecule has 0 bridgehead atoms. The van der Waals surface area contributed by atoms with Gasteiger partial charge in [0.1, 0.15) is 11.4 Å². The molecule has 2 unspecified atom stereocenters. The van der Waals surface area contributed by atoms with Gasteiger partial charge in [-0.05, 0) is 12.5 Å². The van der Waals surface area contributed by atoms with Crippen LogP contribution >= 0.6 is 11.8 Å². The summed E-state index contributed by atoms with van der Waals surface area (Å²) >= 11 is 1.72. The molecule has 0 radical (unpaired) electrons. The summed E-state index contributed by atoms with van der Waals surface area (Å²) in [6.07, 6.45) is 5.63. The summed E-state index contributed by atoms with van der Waals surface area (Å²) in [5.41, 5.74) is 7.92. The third-order valence-corrected chi connectivity index (χ3v) is 4.08. The van der Waals surface area contributed by atoms with Gasteiger partial charge < -0.3 is 10.6 Å². The van der Waals surface area contributed by atoms with Gasteiger partial charge in [-0.3, -0.25) is 4.79 Å². The van der Waals surface area contributed by atoms with Crippen molar-refractivity contribution in [1.82, 2.24) is 4.90 Å².